The van der Waals surface area contributed by atoms with Gasteiger partial charge in [-0.15, -0.1) is 0 Å². The van der Waals surface area contributed by atoms with E-state index in [1.54, 1.807) is 32.0 Å². The van der Waals surface area contributed by atoms with E-state index >= 15 is 0 Å². The van der Waals surface area contributed by atoms with Crippen LogP contribution in [0.2, 0.25) is 0 Å². The van der Waals surface area contributed by atoms with Gasteiger partial charge in [0.05, 0.1) is 24.3 Å². The maximum atomic E-state index is 12.2. The van der Waals surface area contributed by atoms with Gasteiger partial charge in [0.1, 0.15) is 6.61 Å². The molecule has 0 fully saturated rings. The molecule has 2 aromatic rings. The molecule has 0 aromatic heterocycles. The fraction of sp³-hybridized carbons (Fsp3) is 0.316. The molecule has 0 aliphatic heterocycles. The molecule has 1 N–H and O–H groups in total. The van der Waals surface area contributed by atoms with Crippen LogP contribution in [0.3, 0.4) is 0 Å². The van der Waals surface area contributed by atoms with Gasteiger partial charge in [-0.3, -0.25) is 19.8 Å². The summed E-state index contributed by atoms with van der Waals surface area (Å²) in [6.45, 7) is 2.83. The third kappa shape index (κ3) is 5.96. The van der Waals surface area contributed by atoms with E-state index in [4.69, 9.17) is 9.47 Å². The lowest BCUT2D eigenvalue weighted by atomic mass is 10.2. The van der Waals surface area contributed by atoms with Crippen LogP contribution in [0.5, 0.6) is 11.5 Å². The molecule has 2 aromatic carbocycles. The first-order valence-corrected chi connectivity index (χ1v) is 8.40. The molecular weight excluding hydrogens is 350 g/mol. The zero-order chi connectivity index (χ0) is 19.8. The fourth-order valence-corrected chi connectivity index (χ4v) is 2.42. The number of non-ortho nitro benzene ring substituents is 1. The molecule has 0 radical (unpaired) electrons. The highest BCUT2D eigenvalue weighted by Crippen LogP contribution is 2.25. The van der Waals surface area contributed by atoms with E-state index in [2.05, 4.69) is 5.32 Å². The molecule has 27 heavy (non-hydrogen) atoms. The molecule has 0 atom stereocenters. The molecule has 0 aliphatic carbocycles. The minimum atomic E-state index is -0.490. The summed E-state index contributed by atoms with van der Waals surface area (Å²) in [5.74, 6) is 1.04. The van der Waals surface area contributed by atoms with Crippen molar-refractivity contribution in [1.29, 1.82) is 0 Å². The summed E-state index contributed by atoms with van der Waals surface area (Å²) in [6, 6.07) is 11.7. The van der Waals surface area contributed by atoms with E-state index in [-0.39, 0.29) is 18.1 Å². The molecule has 8 heteroatoms. The number of nitrogens with one attached hydrogen (secondary N) is 1. The van der Waals surface area contributed by atoms with Gasteiger partial charge in [0, 0.05) is 18.7 Å². The van der Waals surface area contributed by atoms with E-state index in [1.165, 1.54) is 12.1 Å². The van der Waals surface area contributed by atoms with Crippen molar-refractivity contribution in [2.24, 2.45) is 0 Å². The Morgan fingerprint density at radius 2 is 1.93 bits per heavy atom. The van der Waals surface area contributed by atoms with Gasteiger partial charge in [-0.2, -0.15) is 0 Å². The third-order valence-corrected chi connectivity index (χ3v) is 3.92. The monoisotopic (exact) mass is 373 g/mol. The van der Waals surface area contributed by atoms with Crippen molar-refractivity contribution in [2.75, 3.05) is 39.2 Å². The number of rotatable bonds is 9. The first kappa shape index (κ1) is 20.2. The van der Waals surface area contributed by atoms with E-state index in [0.717, 1.165) is 5.56 Å². The van der Waals surface area contributed by atoms with E-state index in [1.807, 2.05) is 24.3 Å². The van der Waals surface area contributed by atoms with Crippen LogP contribution in [0.1, 0.15) is 5.56 Å². The minimum Gasteiger partial charge on any atom is -0.493 e. The molecule has 0 heterocycles. The molecule has 2 rings (SSSR count). The Morgan fingerprint density at radius 1 is 1.22 bits per heavy atom. The molecule has 0 aliphatic rings. The van der Waals surface area contributed by atoms with Gasteiger partial charge in [-0.05, 0) is 31.7 Å². The van der Waals surface area contributed by atoms with Crippen molar-refractivity contribution in [3.8, 4) is 11.5 Å². The molecule has 1 amide bonds. The van der Waals surface area contributed by atoms with Crippen LogP contribution in [0.25, 0.3) is 0 Å². The summed E-state index contributed by atoms with van der Waals surface area (Å²) in [6.07, 6.45) is 0. The van der Waals surface area contributed by atoms with Gasteiger partial charge < -0.3 is 14.8 Å². The summed E-state index contributed by atoms with van der Waals surface area (Å²) < 4.78 is 10.9. The standard InChI is InChI=1S/C19H23N3O5/c1-14-8-9-15(22(24)25)12-16(14)20-19(23)13-21(2)10-11-27-18-7-5-4-6-17(18)26-3/h4-9,12H,10-11,13H2,1-3H3,(H,20,23). The van der Waals surface area contributed by atoms with E-state index < -0.39 is 4.92 Å². The van der Waals surface area contributed by atoms with Gasteiger partial charge in [-0.1, -0.05) is 18.2 Å². The van der Waals surface area contributed by atoms with Crippen LogP contribution in [0.4, 0.5) is 11.4 Å². The van der Waals surface area contributed by atoms with Crippen LogP contribution in [-0.4, -0.2) is 49.6 Å². The number of hydrogen-bond donors (Lipinski definition) is 1. The number of likely N-dealkylation sites (N-methyl/N-ethyl adjacent to an activating group) is 1. The number of carbonyl (C=O) groups is 1. The molecule has 0 spiro atoms. The maximum absolute atomic E-state index is 12.2. The number of amides is 1. The lowest BCUT2D eigenvalue weighted by Crippen LogP contribution is -2.33. The van der Waals surface area contributed by atoms with Crippen LogP contribution < -0.4 is 14.8 Å². The Kier molecular flexibility index (Phi) is 7.13. The second kappa shape index (κ2) is 9.54. The molecule has 0 saturated carbocycles. The van der Waals surface area contributed by atoms with E-state index in [0.29, 0.717) is 30.3 Å². The SMILES string of the molecule is COc1ccccc1OCCN(C)CC(=O)Nc1cc([N+](=O)[O-])ccc1C. The normalized spacial score (nSPS) is 10.5. The second-order valence-corrected chi connectivity index (χ2v) is 6.04. The molecule has 0 saturated heterocycles. The first-order valence-electron chi connectivity index (χ1n) is 8.40. The topological polar surface area (TPSA) is 93.9 Å². The third-order valence-electron chi connectivity index (χ3n) is 3.92. The Labute approximate surface area is 157 Å². The predicted molar refractivity (Wildman–Crippen MR) is 102 cm³/mol. The van der Waals surface area contributed by atoms with Gasteiger partial charge in [0.2, 0.25) is 5.91 Å². The van der Waals surface area contributed by atoms with Crippen molar-refractivity contribution in [2.45, 2.75) is 6.92 Å². The van der Waals surface area contributed by atoms with Gasteiger partial charge >= 0.3 is 0 Å². The fourth-order valence-electron chi connectivity index (χ4n) is 2.42. The van der Waals surface area contributed by atoms with Crippen LogP contribution in [-0.2, 0) is 4.79 Å². The van der Waals surface area contributed by atoms with Crippen molar-refractivity contribution in [3.05, 3.63) is 58.1 Å². The summed E-state index contributed by atoms with van der Waals surface area (Å²) in [5, 5.41) is 13.6. The number of ether oxygens (including phenoxy) is 2. The van der Waals surface area contributed by atoms with Gasteiger partial charge in [-0.25, -0.2) is 0 Å². The Morgan fingerprint density at radius 3 is 2.59 bits per heavy atom. The van der Waals surface area contributed by atoms with Crippen LogP contribution in [0, 0.1) is 17.0 Å². The van der Waals surface area contributed by atoms with E-state index in [9.17, 15) is 14.9 Å². The lowest BCUT2D eigenvalue weighted by molar-refractivity contribution is -0.384. The average Bonchev–Trinajstić information content (AvgIpc) is 2.63. The van der Waals surface area contributed by atoms with Gasteiger partial charge in [0.25, 0.3) is 5.69 Å². The number of aryl methyl sites for hydroxylation is 1. The molecule has 0 bridgehead atoms. The predicted octanol–water partition coefficient (Wildman–Crippen LogP) is 2.86. The molecular formula is C19H23N3O5. The summed E-state index contributed by atoms with van der Waals surface area (Å²) in [5.41, 5.74) is 1.14. The first-order chi connectivity index (χ1) is 12.9. The molecule has 0 unspecified atom stereocenters. The molecule has 144 valence electrons. The van der Waals surface area contributed by atoms with Crippen molar-refractivity contribution >= 4 is 17.3 Å². The Balaban J connectivity index is 1.83. The highest BCUT2D eigenvalue weighted by atomic mass is 16.6. The number of benzene rings is 2. The smallest absolute Gasteiger partial charge is 0.271 e. The van der Waals surface area contributed by atoms with Crippen LogP contribution in [0.15, 0.2) is 42.5 Å². The lowest BCUT2D eigenvalue weighted by Gasteiger charge is -2.17. The highest BCUT2D eigenvalue weighted by molar-refractivity contribution is 5.93. The Hall–Kier alpha value is -3.13. The minimum absolute atomic E-state index is 0.0607. The quantitative estimate of drug-likeness (QED) is 0.537. The zero-order valence-corrected chi connectivity index (χ0v) is 15.6. The molecule has 8 nitrogen and oxygen atoms in total. The van der Waals surface area contributed by atoms with Crippen molar-refractivity contribution in [3.63, 3.8) is 0 Å². The Bertz CT molecular complexity index is 810. The van der Waals surface area contributed by atoms with Crippen molar-refractivity contribution < 1.29 is 19.2 Å². The summed E-state index contributed by atoms with van der Waals surface area (Å²) in [7, 11) is 3.38. The number of para-hydroxylation sites is 2. The number of carbonyl (C=O) groups excluding carboxylic acids is 1. The number of anilines is 1. The number of nitro benzene ring substituents is 1. The summed E-state index contributed by atoms with van der Waals surface area (Å²) in [4.78, 5) is 24.4. The number of hydrogen-bond acceptors (Lipinski definition) is 6. The number of nitrogens with zero attached hydrogens (tertiary/aromatic N) is 2. The van der Waals surface area contributed by atoms with Gasteiger partial charge in [0.15, 0.2) is 11.5 Å². The largest absolute Gasteiger partial charge is 0.493 e. The van der Waals surface area contributed by atoms with Crippen molar-refractivity contribution in [1.82, 2.24) is 4.90 Å². The maximum Gasteiger partial charge on any atom is 0.271 e. The second-order valence-electron chi connectivity index (χ2n) is 6.04. The van der Waals surface area contributed by atoms with Crippen LogP contribution >= 0.6 is 0 Å². The number of nitro groups is 1. The average molecular weight is 373 g/mol. The zero-order valence-electron chi connectivity index (χ0n) is 15.6. The number of methoxy groups -OCH3 is 1. The highest BCUT2D eigenvalue weighted by Gasteiger charge is 2.13. The summed E-state index contributed by atoms with van der Waals surface area (Å²) >= 11 is 0.